The average Bonchev–Trinajstić information content (AvgIpc) is 2.79. The van der Waals surface area contributed by atoms with E-state index in [1.54, 1.807) is 24.3 Å². The molecule has 0 spiro atoms. The van der Waals surface area contributed by atoms with Crippen LogP contribution in [-0.2, 0) is 13.6 Å². The molecule has 2 rings (SSSR count). The maximum atomic E-state index is 6.12. The highest BCUT2D eigenvalue weighted by Crippen LogP contribution is 2.25. The van der Waals surface area contributed by atoms with Gasteiger partial charge in [-0.05, 0) is 24.6 Å². The predicted molar refractivity (Wildman–Crippen MR) is 72.3 cm³/mol. The third-order valence-corrected chi connectivity index (χ3v) is 2.66. The van der Waals surface area contributed by atoms with Gasteiger partial charge in [-0.15, -0.1) is 5.10 Å². The predicted octanol–water partition coefficient (Wildman–Crippen LogP) is 2.16. The molecule has 0 saturated carbocycles. The minimum Gasteiger partial charge on any atom is -0.403 e. The van der Waals surface area contributed by atoms with E-state index in [1.165, 1.54) is 0 Å². The molecule has 7 heteroatoms. The number of pyridine rings is 1. The molecule has 0 radical (unpaired) electrons. The quantitative estimate of drug-likeness (QED) is 0.822. The number of nitrogens with zero attached hydrogens (tertiary/aromatic N) is 4. The topological polar surface area (TPSA) is 64.9 Å². The lowest BCUT2D eigenvalue weighted by molar-refractivity contribution is 0.422. The molecule has 0 bridgehead atoms. The monoisotopic (exact) mass is 281 g/mol. The van der Waals surface area contributed by atoms with Crippen LogP contribution in [0.2, 0.25) is 5.02 Å². The van der Waals surface area contributed by atoms with Crippen LogP contribution < -0.4 is 10.1 Å². The number of rotatable bonds is 6. The molecular weight excluding hydrogens is 266 g/mol. The van der Waals surface area contributed by atoms with Crippen molar-refractivity contribution in [1.29, 1.82) is 0 Å². The maximum absolute atomic E-state index is 6.12. The first-order valence-electron chi connectivity index (χ1n) is 6.07. The van der Waals surface area contributed by atoms with E-state index >= 15 is 0 Å². The van der Waals surface area contributed by atoms with Gasteiger partial charge in [0.2, 0.25) is 5.88 Å². The Labute approximate surface area is 116 Å². The molecular formula is C12H16ClN5O. The molecule has 19 heavy (non-hydrogen) atoms. The van der Waals surface area contributed by atoms with Gasteiger partial charge in [-0.3, -0.25) is 4.68 Å². The zero-order valence-corrected chi connectivity index (χ0v) is 11.7. The fourth-order valence-electron chi connectivity index (χ4n) is 1.50. The summed E-state index contributed by atoms with van der Waals surface area (Å²) in [4.78, 5) is 8.13. The molecule has 0 aliphatic rings. The van der Waals surface area contributed by atoms with Crippen molar-refractivity contribution in [2.75, 3.05) is 6.54 Å². The van der Waals surface area contributed by atoms with Crippen molar-refractivity contribution in [3.05, 3.63) is 29.2 Å². The Morgan fingerprint density at radius 1 is 1.42 bits per heavy atom. The maximum Gasteiger partial charge on any atom is 0.342 e. The van der Waals surface area contributed by atoms with E-state index in [0.717, 1.165) is 25.1 Å². The van der Waals surface area contributed by atoms with Crippen LogP contribution in [0.4, 0.5) is 0 Å². The van der Waals surface area contributed by atoms with Crippen LogP contribution in [0.3, 0.4) is 0 Å². The van der Waals surface area contributed by atoms with Crippen molar-refractivity contribution in [3.8, 4) is 11.9 Å². The lowest BCUT2D eigenvalue weighted by Crippen LogP contribution is -2.13. The second-order valence-electron chi connectivity index (χ2n) is 4.11. The molecule has 102 valence electrons. The van der Waals surface area contributed by atoms with Gasteiger partial charge in [0, 0.05) is 19.8 Å². The Hall–Kier alpha value is -1.66. The van der Waals surface area contributed by atoms with E-state index in [9.17, 15) is 0 Å². The normalized spacial score (nSPS) is 10.7. The molecule has 2 aromatic rings. The summed E-state index contributed by atoms with van der Waals surface area (Å²) in [5.41, 5.74) is 1.01. The van der Waals surface area contributed by atoms with E-state index in [1.807, 2.05) is 6.07 Å². The summed E-state index contributed by atoms with van der Waals surface area (Å²) < 4.78 is 6.95. The molecule has 0 aliphatic carbocycles. The Kier molecular flexibility index (Phi) is 4.70. The Bertz CT molecular complexity index is 543. The zero-order valence-electron chi connectivity index (χ0n) is 10.9. The summed E-state index contributed by atoms with van der Waals surface area (Å²) in [6, 6.07) is 2.06. The Morgan fingerprint density at radius 2 is 2.26 bits per heavy atom. The van der Waals surface area contributed by atoms with Crippen LogP contribution in [0, 0.1) is 0 Å². The highest BCUT2D eigenvalue weighted by atomic mass is 35.5. The third-order valence-electron chi connectivity index (χ3n) is 2.39. The highest BCUT2D eigenvalue weighted by Gasteiger charge is 2.08. The molecule has 0 fully saturated rings. The first-order valence-corrected chi connectivity index (χ1v) is 6.45. The van der Waals surface area contributed by atoms with Crippen LogP contribution in [0.15, 0.2) is 18.6 Å². The fraction of sp³-hybridized carbons (Fsp3) is 0.417. The van der Waals surface area contributed by atoms with Gasteiger partial charge in [-0.1, -0.05) is 18.5 Å². The number of ether oxygens (including phenoxy) is 1. The summed E-state index contributed by atoms with van der Waals surface area (Å²) in [5.74, 6) is 0.312. The molecule has 6 nitrogen and oxygen atoms in total. The molecule has 0 amide bonds. The molecule has 2 heterocycles. The van der Waals surface area contributed by atoms with Gasteiger partial charge >= 0.3 is 6.01 Å². The second-order valence-corrected chi connectivity index (χ2v) is 4.52. The number of aryl methyl sites for hydroxylation is 1. The number of nitrogens with one attached hydrogen (secondary N) is 1. The first kappa shape index (κ1) is 13.8. The van der Waals surface area contributed by atoms with Gasteiger partial charge in [-0.2, -0.15) is 4.98 Å². The molecule has 0 atom stereocenters. The van der Waals surface area contributed by atoms with Crippen LogP contribution in [-0.4, -0.2) is 26.3 Å². The van der Waals surface area contributed by atoms with Gasteiger partial charge in [0.1, 0.15) is 11.3 Å². The summed E-state index contributed by atoms with van der Waals surface area (Å²) >= 11 is 6.12. The van der Waals surface area contributed by atoms with Crippen LogP contribution in [0.5, 0.6) is 11.9 Å². The average molecular weight is 282 g/mol. The van der Waals surface area contributed by atoms with Gasteiger partial charge in [0.25, 0.3) is 0 Å². The fourth-order valence-corrected chi connectivity index (χ4v) is 1.73. The van der Waals surface area contributed by atoms with Gasteiger partial charge < -0.3 is 10.1 Å². The third kappa shape index (κ3) is 3.90. The molecule has 0 aliphatic heterocycles. The number of hydrogen-bond donors (Lipinski definition) is 1. The van der Waals surface area contributed by atoms with Gasteiger partial charge in [0.15, 0.2) is 0 Å². The van der Waals surface area contributed by atoms with E-state index < -0.39 is 0 Å². The molecule has 1 N–H and O–H groups in total. The Morgan fingerprint density at radius 3 is 2.89 bits per heavy atom. The molecule has 0 aromatic carbocycles. The molecule has 0 unspecified atom stereocenters. The van der Waals surface area contributed by atoms with Crippen molar-refractivity contribution in [2.45, 2.75) is 19.9 Å². The second kappa shape index (κ2) is 6.49. The standard InChI is InChI=1S/C12H16ClN5O/c1-3-4-14-6-9-5-10(13)11(15-7-9)19-12-16-8-18(2)17-12/h5,7-8,14H,3-4,6H2,1-2H3. The minimum absolute atomic E-state index is 0.230. The van der Waals surface area contributed by atoms with E-state index in [4.69, 9.17) is 16.3 Å². The van der Waals surface area contributed by atoms with Gasteiger partial charge in [0.05, 0.1) is 0 Å². The van der Waals surface area contributed by atoms with Crippen molar-refractivity contribution in [2.24, 2.45) is 7.05 Å². The first-order chi connectivity index (χ1) is 9.19. The zero-order chi connectivity index (χ0) is 13.7. The number of halogens is 1. The lowest BCUT2D eigenvalue weighted by atomic mass is 10.3. The van der Waals surface area contributed by atoms with Gasteiger partial charge in [-0.25, -0.2) is 4.98 Å². The van der Waals surface area contributed by atoms with Crippen molar-refractivity contribution in [1.82, 2.24) is 25.1 Å². The van der Waals surface area contributed by atoms with Crippen LogP contribution in [0.1, 0.15) is 18.9 Å². The SMILES string of the molecule is CCCNCc1cnc(Oc2ncn(C)n2)c(Cl)c1. The van der Waals surface area contributed by atoms with E-state index in [-0.39, 0.29) is 6.01 Å². The number of hydrogen-bond acceptors (Lipinski definition) is 5. The van der Waals surface area contributed by atoms with Crippen molar-refractivity contribution >= 4 is 11.6 Å². The summed E-state index contributed by atoms with van der Waals surface area (Å²) in [6.07, 6.45) is 4.37. The van der Waals surface area contributed by atoms with Crippen molar-refractivity contribution in [3.63, 3.8) is 0 Å². The Balaban J connectivity index is 2.02. The smallest absolute Gasteiger partial charge is 0.342 e. The van der Waals surface area contributed by atoms with Crippen LogP contribution in [0.25, 0.3) is 0 Å². The summed E-state index contributed by atoms with van der Waals surface area (Å²) in [7, 11) is 1.76. The summed E-state index contributed by atoms with van der Waals surface area (Å²) in [5, 5.41) is 7.73. The highest BCUT2D eigenvalue weighted by molar-refractivity contribution is 6.31. The lowest BCUT2D eigenvalue weighted by Gasteiger charge is -2.06. The minimum atomic E-state index is 0.230. The largest absolute Gasteiger partial charge is 0.403 e. The van der Waals surface area contributed by atoms with E-state index in [2.05, 4.69) is 27.3 Å². The van der Waals surface area contributed by atoms with E-state index in [0.29, 0.717) is 10.9 Å². The van der Waals surface area contributed by atoms with Crippen molar-refractivity contribution < 1.29 is 4.74 Å². The van der Waals surface area contributed by atoms with Crippen LogP contribution >= 0.6 is 11.6 Å². The number of aromatic nitrogens is 4. The summed E-state index contributed by atoms with van der Waals surface area (Å²) in [6.45, 7) is 3.82. The molecule has 2 aromatic heterocycles. The molecule has 0 saturated heterocycles.